The van der Waals surface area contributed by atoms with E-state index in [1.165, 1.54) is 0 Å². The number of para-hydroxylation sites is 2. The number of anilines is 1. The second-order valence-corrected chi connectivity index (χ2v) is 4.36. The van der Waals surface area contributed by atoms with Crippen LogP contribution in [0.5, 0.6) is 5.75 Å². The van der Waals surface area contributed by atoms with Gasteiger partial charge < -0.3 is 10.5 Å². The Hall–Kier alpha value is -2.36. The number of nitrogen functional groups attached to an aromatic ring is 1. The number of hydrogen-bond donors (Lipinski definition) is 1. The van der Waals surface area contributed by atoms with Gasteiger partial charge in [0.15, 0.2) is 0 Å². The van der Waals surface area contributed by atoms with E-state index in [9.17, 15) is 4.79 Å². The van der Waals surface area contributed by atoms with Crippen LogP contribution in [0.15, 0.2) is 42.6 Å². The van der Waals surface area contributed by atoms with E-state index in [0.717, 1.165) is 11.3 Å². The maximum Gasteiger partial charge on any atom is 0.142 e. The van der Waals surface area contributed by atoms with Gasteiger partial charge in [-0.1, -0.05) is 18.2 Å². The largest absolute Gasteiger partial charge is 0.487 e. The first-order valence-corrected chi connectivity index (χ1v) is 6.05. The topological polar surface area (TPSA) is 65.2 Å². The van der Waals surface area contributed by atoms with Crippen LogP contribution in [-0.4, -0.2) is 10.8 Å². The lowest BCUT2D eigenvalue weighted by Crippen LogP contribution is -2.02. The van der Waals surface area contributed by atoms with E-state index >= 15 is 0 Å². The molecule has 0 fully saturated rings. The van der Waals surface area contributed by atoms with Crippen molar-refractivity contribution in [3.63, 3.8) is 0 Å². The summed E-state index contributed by atoms with van der Waals surface area (Å²) in [5.74, 6) is 0.767. The van der Waals surface area contributed by atoms with Crippen LogP contribution in [0.25, 0.3) is 0 Å². The molecule has 19 heavy (non-hydrogen) atoms. The predicted octanol–water partition coefficient (Wildman–Crippen LogP) is 2.37. The Morgan fingerprint density at radius 2 is 2.05 bits per heavy atom. The molecule has 0 aliphatic rings. The van der Waals surface area contributed by atoms with Crippen LogP contribution in [0, 0.1) is 0 Å². The highest BCUT2D eigenvalue weighted by Gasteiger charge is 2.02. The average molecular weight is 256 g/mol. The normalized spacial score (nSPS) is 10.2. The Labute approximate surface area is 112 Å². The highest BCUT2D eigenvalue weighted by Crippen LogP contribution is 2.20. The van der Waals surface area contributed by atoms with Crippen LogP contribution < -0.4 is 10.5 Å². The Bertz CT molecular complexity index is 565. The number of benzene rings is 1. The van der Waals surface area contributed by atoms with Gasteiger partial charge in [-0.15, -0.1) is 0 Å². The number of Topliss-reactive ketones (excluding diaryl/α,β-unsaturated/α-hetero) is 1. The van der Waals surface area contributed by atoms with Crippen LogP contribution in [0.1, 0.15) is 18.2 Å². The van der Waals surface area contributed by atoms with Crippen LogP contribution >= 0.6 is 0 Å². The van der Waals surface area contributed by atoms with Gasteiger partial charge in [-0.25, -0.2) is 0 Å². The van der Waals surface area contributed by atoms with Crippen LogP contribution in [0.3, 0.4) is 0 Å². The number of ether oxygens (including phenoxy) is 1. The molecule has 2 rings (SSSR count). The quantitative estimate of drug-likeness (QED) is 0.834. The van der Waals surface area contributed by atoms with Crippen molar-refractivity contribution >= 4 is 11.5 Å². The molecule has 0 spiro atoms. The smallest absolute Gasteiger partial charge is 0.142 e. The van der Waals surface area contributed by atoms with Gasteiger partial charge >= 0.3 is 0 Å². The Morgan fingerprint density at radius 1 is 1.26 bits per heavy atom. The molecule has 0 aliphatic carbocycles. The summed E-state index contributed by atoms with van der Waals surface area (Å²) < 4.78 is 5.61. The second kappa shape index (κ2) is 6.00. The van der Waals surface area contributed by atoms with E-state index in [1.54, 1.807) is 19.2 Å². The first-order valence-electron chi connectivity index (χ1n) is 6.05. The summed E-state index contributed by atoms with van der Waals surface area (Å²) in [5, 5.41) is 0. The number of carbonyl (C=O) groups is 1. The highest BCUT2D eigenvalue weighted by atomic mass is 16.5. The molecule has 0 atom stereocenters. The number of nitrogens with two attached hydrogens (primary N) is 1. The third-order valence-corrected chi connectivity index (χ3v) is 2.63. The van der Waals surface area contributed by atoms with Crippen molar-refractivity contribution in [3.05, 3.63) is 53.9 Å². The van der Waals surface area contributed by atoms with Crippen molar-refractivity contribution in [1.29, 1.82) is 0 Å². The lowest BCUT2D eigenvalue weighted by atomic mass is 10.2. The Balaban J connectivity index is 1.97. The molecule has 0 radical (unpaired) electrons. The molecular weight excluding hydrogens is 240 g/mol. The Morgan fingerprint density at radius 3 is 2.68 bits per heavy atom. The summed E-state index contributed by atoms with van der Waals surface area (Å²) in [6.45, 7) is 1.96. The lowest BCUT2D eigenvalue weighted by molar-refractivity contribution is -0.116. The number of nitrogens with zero attached hydrogens (tertiary/aromatic N) is 1. The van der Waals surface area contributed by atoms with E-state index in [1.807, 2.05) is 30.3 Å². The number of pyridine rings is 1. The minimum atomic E-state index is 0.105. The summed E-state index contributed by atoms with van der Waals surface area (Å²) in [6.07, 6.45) is 2.09. The molecule has 4 heteroatoms. The fourth-order valence-electron chi connectivity index (χ4n) is 1.67. The first-order chi connectivity index (χ1) is 9.15. The molecule has 1 heterocycles. The Kier molecular flexibility index (Phi) is 4.13. The van der Waals surface area contributed by atoms with E-state index in [2.05, 4.69) is 4.98 Å². The average Bonchev–Trinajstić information content (AvgIpc) is 2.39. The maximum absolute atomic E-state index is 11.0. The molecule has 0 unspecified atom stereocenters. The molecule has 0 saturated heterocycles. The van der Waals surface area contributed by atoms with Crippen molar-refractivity contribution in [2.75, 3.05) is 5.73 Å². The summed E-state index contributed by atoms with van der Waals surface area (Å²) in [6, 6.07) is 11.1. The first kappa shape index (κ1) is 13.1. The van der Waals surface area contributed by atoms with E-state index in [0.29, 0.717) is 24.5 Å². The van der Waals surface area contributed by atoms with Gasteiger partial charge in [0.2, 0.25) is 0 Å². The highest BCUT2D eigenvalue weighted by molar-refractivity contribution is 5.77. The van der Waals surface area contributed by atoms with Crippen molar-refractivity contribution in [2.24, 2.45) is 0 Å². The summed E-state index contributed by atoms with van der Waals surface area (Å²) >= 11 is 0. The zero-order valence-electron chi connectivity index (χ0n) is 10.8. The van der Waals surface area contributed by atoms with Crippen molar-refractivity contribution in [3.8, 4) is 5.75 Å². The molecule has 0 aliphatic heterocycles. The number of hydrogen-bond acceptors (Lipinski definition) is 4. The minimum Gasteiger partial charge on any atom is -0.487 e. The zero-order valence-corrected chi connectivity index (χ0v) is 10.8. The van der Waals surface area contributed by atoms with Gasteiger partial charge in [0, 0.05) is 23.9 Å². The molecule has 1 aromatic carbocycles. The van der Waals surface area contributed by atoms with Crippen molar-refractivity contribution in [2.45, 2.75) is 20.0 Å². The second-order valence-electron chi connectivity index (χ2n) is 4.36. The molecule has 0 amide bonds. The summed E-state index contributed by atoms with van der Waals surface area (Å²) in [5.41, 5.74) is 8.11. The lowest BCUT2D eigenvalue weighted by Gasteiger charge is -2.08. The zero-order chi connectivity index (χ0) is 13.7. The van der Waals surface area contributed by atoms with Gasteiger partial charge in [0.05, 0.1) is 5.69 Å². The van der Waals surface area contributed by atoms with Crippen LogP contribution in [0.4, 0.5) is 5.69 Å². The monoisotopic (exact) mass is 256 g/mol. The molecule has 1 aromatic heterocycles. The van der Waals surface area contributed by atoms with Crippen LogP contribution in [-0.2, 0) is 17.8 Å². The van der Waals surface area contributed by atoms with Gasteiger partial charge in [-0.05, 0) is 25.1 Å². The summed E-state index contributed by atoms with van der Waals surface area (Å²) in [7, 11) is 0. The van der Waals surface area contributed by atoms with Crippen molar-refractivity contribution in [1.82, 2.24) is 4.98 Å². The molecular formula is C15H16N2O2. The van der Waals surface area contributed by atoms with E-state index < -0.39 is 0 Å². The third kappa shape index (κ3) is 3.81. The molecule has 2 aromatic rings. The summed E-state index contributed by atoms with van der Waals surface area (Å²) in [4.78, 5) is 15.2. The molecule has 0 bridgehead atoms. The van der Waals surface area contributed by atoms with Crippen LogP contribution in [0.2, 0.25) is 0 Å². The van der Waals surface area contributed by atoms with Gasteiger partial charge in [0.25, 0.3) is 0 Å². The number of rotatable bonds is 5. The molecule has 4 nitrogen and oxygen atoms in total. The SMILES string of the molecule is CC(=O)Cc1ccc(COc2ccccc2N)cn1. The van der Waals surface area contributed by atoms with Gasteiger partial charge in [-0.2, -0.15) is 0 Å². The standard InChI is InChI=1S/C15H16N2O2/c1-11(18)8-13-7-6-12(9-17-13)10-19-15-5-3-2-4-14(15)16/h2-7,9H,8,10,16H2,1H3. The number of carbonyl (C=O) groups excluding carboxylic acids is 1. The molecule has 0 saturated carbocycles. The molecule has 2 N–H and O–H groups in total. The van der Waals surface area contributed by atoms with E-state index in [-0.39, 0.29) is 5.78 Å². The molecule has 98 valence electrons. The third-order valence-electron chi connectivity index (χ3n) is 2.63. The predicted molar refractivity (Wildman–Crippen MR) is 73.8 cm³/mol. The fourth-order valence-corrected chi connectivity index (χ4v) is 1.67. The number of ketones is 1. The number of aromatic nitrogens is 1. The van der Waals surface area contributed by atoms with Gasteiger partial charge in [0.1, 0.15) is 18.1 Å². The minimum absolute atomic E-state index is 0.105. The van der Waals surface area contributed by atoms with Crippen molar-refractivity contribution < 1.29 is 9.53 Å². The van der Waals surface area contributed by atoms with E-state index in [4.69, 9.17) is 10.5 Å². The maximum atomic E-state index is 11.0. The van der Waals surface area contributed by atoms with Gasteiger partial charge in [-0.3, -0.25) is 9.78 Å². The fraction of sp³-hybridized carbons (Fsp3) is 0.200.